The largest absolute Gasteiger partial charge is 0.477 e. The molecule has 0 amide bonds. The number of carbonyl (C=O) groups excluding carboxylic acids is 1. The summed E-state index contributed by atoms with van der Waals surface area (Å²) in [6, 6.07) is 3.68. The number of nitrogens with zero attached hydrogens (tertiary/aromatic N) is 1. The van der Waals surface area contributed by atoms with Crippen molar-refractivity contribution in [3.05, 3.63) is 24.0 Å². The van der Waals surface area contributed by atoms with Gasteiger partial charge in [-0.3, -0.25) is 4.98 Å². The molecule has 0 aromatic carbocycles. The van der Waals surface area contributed by atoms with E-state index in [4.69, 9.17) is 14.2 Å². The van der Waals surface area contributed by atoms with Gasteiger partial charge in [0.1, 0.15) is 5.75 Å². The minimum Gasteiger partial charge on any atom is -0.477 e. The Morgan fingerprint density at radius 2 is 2.42 bits per heavy atom. The fraction of sp³-hybridized carbons (Fsp3) is 0.538. The summed E-state index contributed by atoms with van der Waals surface area (Å²) in [7, 11) is 1.67. The lowest BCUT2D eigenvalue weighted by molar-refractivity contribution is -0.143. The van der Waals surface area contributed by atoms with Crippen molar-refractivity contribution in [2.24, 2.45) is 0 Å². The zero-order chi connectivity index (χ0) is 13.5. The minimum atomic E-state index is -0.493. The van der Waals surface area contributed by atoms with E-state index < -0.39 is 6.10 Å². The number of rotatable bonds is 7. The van der Waals surface area contributed by atoms with E-state index in [2.05, 4.69) is 10.3 Å². The molecular weight excluding hydrogens is 248 g/mol. The Kier molecular flexibility index (Phi) is 5.11. The molecule has 104 valence electrons. The van der Waals surface area contributed by atoms with E-state index in [0.29, 0.717) is 31.9 Å². The zero-order valence-corrected chi connectivity index (χ0v) is 10.9. The molecule has 0 spiro atoms. The quantitative estimate of drug-likeness (QED) is 0.573. The van der Waals surface area contributed by atoms with Gasteiger partial charge in [-0.05, 0) is 12.1 Å². The molecule has 0 saturated carbocycles. The number of nitrogens with one attached hydrogen (secondary N) is 1. The zero-order valence-electron chi connectivity index (χ0n) is 10.9. The van der Waals surface area contributed by atoms with E-state index in [-0.39, 0.29) is 5.97 Å². The highest BCUT2D eigenvalue weighted by molar-refractivity contribution is 5.76. The summed E-state index contributed by atoms with van der Waals surface area (Å²) in [4.78, 5) is 15.5. The molecule has 1 aliphatic heterocycles. The van der Waals surface area contributed by atoms with E-state index in [1.54, 1.807) is 13.3 Å². The maximum absolute atomic E-state index is 11.3. The summed E-state index contributed by atoms with van der Waals surface area (Å²) in [5, 5.41) is 3.20. The second-order valence-corrected chi connectivity index (χ2v) is 4.22. The molecule has 1 aliphatic rings. The van der Waals surface area contributed by atoms with Gasteiger partial charge in [-0.2, -0.15) is 0 Å². The number of carbonyl (C=O) groups is 1. The average molecular weight is 266 g/mol. The molecule has 2 heterocycles. The smallest absolute Gasteiger partial charge is 0.347 e. The Hall–Kier alpha value is -1.66. The van der Waals surface area contributed by atoms with Crippen LogP contribution in [0.25, 0.3) is 0 Å². The van der Waals surface area contributed by atoms with Gasteiger partial charge < -0.3 is 19.5 Å². The summed E-state index contributed by atoms with van der Waals surface area (Å²) in [5.74, 6) is 0.287. The molecule has 1 atom stereocenters. The molecule has 2 rings (SSSR count). The number of pyridine rings is 1. The molecule has 6 heteroatoms. The predicted molar refractivity (Wildman–Crippen MR) is 67.8 cm³/mol. The van der Waals surface area contributed by atoms with Crippen molar-refractivity contribution < 1.29 is 19.0 Å². The second-order valence-electron chi connectivity index (χ2n) is 4.22. The van der Waals surface area contributed by atoms with Crippen LogP contribution in [0.2, 0.25) is 0 Å². The number of ether oxygens (including phenoxy) is 3. The summed E-state index contributed by atoms with van der Waals surface area (Å²) < 4.78 is 15.3. The lowest BCUT2D eigenvalue weighted by Gasteiger charge is -2.10. The maximum atomic E-state index is 11.3. The number of methoxy groups -OCH3 is 1. The molecular formula is C13H18N2O4. The van der Waals surface area contributed by atoms with Gasteiger partial charge in [0, 0.05) is 26.6 Å². The summed E-state index contributed by atoms with van der Waals surface area (Å²) in [6.45, 7) is 2.56. The third kappa shape index (κ3) is 4.18. The van der Waals surface area contributed by atoms with Crippen LogP contribution in [-0.4, -0.2) is 43.9 Å². The monoisotopic (exact) mass is 266 g/mol. The van der Waals surface area contributed by atoms with Crippen LogP contribution in [0.4, 0.5) is 0 Å². The maximum Gasteiger partial charge on any atom is 0.347 e. The molecule has 0 aliphatic carbocycles. The molecule has 1 aromatic rings. The predicted octanol–water partition coefficient (Wildman–Crippen LogP) is 0.512. The average Bonchev–Trinajstić information content (AvgIpc) is 2.82. The van der Waals surface area contributed by atoms with Gasteiger partial charge in [-0.15, -0.1) is 0 Å². The van der Waals surface area contributed by atoms with Crippen molar-refractivity contribution in [3.8, 4) is 5.75 Å². The highest BCUT2D eigenvalue weighted by Gasteiger charge is 2.28. The first kappa shape index (κ1) is 13.8. The van der Waals surface area contributed by atoms with Gasteiger partial charge in [0.15, 0.2) is 6.10 Å². The first-order valence-electron chi connectivity index (χ1n) is 6.27. The van der Waals surface area contributed by atoms with Crippen LogP contribution in [0.3, 0.4) is 0 Å². The van der Waals surface area contributed by atoms with Gasteiger partial charge in [0.2, 0.25) is 0 Å². The molecule has 0 radical (unpaired) electrons. The Labute approximate surface area is 112 Å². The van der Waals surface area contributed by atoms with E-state index in [0.717, 1.165) is 12.2 Å². The molecule has 1 saturated heterocycles. The Morgan fingerprint density at radius 1 is 1.53 bits per heavy atom. The van der Waals surface area contributed by atoms with Gasteiger partial charge in [0.05, 0.1) is 25.1 Å². The van der Waals surface area contributed by atoms with Crippen molar-refractivity contribution in [2.45, 2.75) is 19.1 Å². The topological polar surface area (TPSA) is 69.7 Å². The summed E-state index contributed by atoms with van der Waals surface area (Å²) >= 11 is 0. The first-order chi connectivity index (χ1) is 9.29. The third-order valence-corrected chi connectivity index (χ3v) is 2.75. The lowest BCUT2D eigenvalue weighted by Crippen LogP contribution is -2.22. The normalized spacial score (nSPS) is 18.4. The first-order valence-corrected chi connectivity index (χ1v) is 6.27. The molecule has 1 unspecified atom stereocenters. The van der Waals surface area contributed by atoms with Gasteiger partial charge in [-0.25, -0.2) is 4.79 Å². The Morgan fingerprint density at radius 3 is 3.05 bits per heavy atom. The van der Waals surface area contributed by atoms with Crippen LogP contribution >= 0.6 is 0 Å². The van der Waals surface area contributed by atoms with Gasteiger partial charge in [-0.1, -0.05) is 0 Å². The molecule has 0 bridgehead atoms. The summed E-state index contributed by atoms with van der Waals surface area (Å²) in [5.41, 5.74) is 0.914. The lowest BCUT2D eigenvalue weighted by atomic mass is 10.3. The Balaban J connectivity index is 1.79. The highest BCUT2D eigenvalue weighted by Crippen LogP contribution is 2.16. The fourth-order valence-corrected chi connectivity index (χ4v) is 1.72. The van der Waals surface area contributed by atoms with Gasteiger partial charge in [0.25, 0.3) is 0 Å². The van der Waals surface area contributed by atoms with Crippen molar-refractivity contribution in [2.75, 3.05) is 26.9 Å². The summed E-state index contributed by atoms with van der Waals surface area (Å²) in [6.07, 6.45) is 1.73. The third-order valence-electron chi connectivity index (χ3n) is 2.75. The fourth-order valence-electron chi connectivity index (χ4n) is 1.72. The van der Waals surface area contributed by atoms with E-state index in [1.165, 1.54) is 0 Å². The number of esters is 1. The van der Waals surface area contributed by atoms with Crippen molar-refractivity contribution >= 4 is 5.97 Å². The molecule has 1 fully saturated rings. The molecule has 1 aromatic heterocycles. The minimum absolute atomic E-state index is 0.301. The molecule has 1 N–H and O–H groups in total. The SMILES string of the molecule is COCCNCc1ccc(OC2CCOC2=O)cn1. The standard InChI is InChI=1S/C13H18N2O4/c1-17-7-5-14-8-10-2-3-11(9-15-10)19-12-4-6-18-13(12)16/h2-3,9,12,14H,4-8H2,1H3. The number of aromatic nitrogens is 1. The van der Waals surface area contributed by atoms with Gasteiger partial charge >= 0.3 is 5.97 Å². The Bertz CT molecular complexity index is 408. The second kappa shape index (κ2) is 7.06. The van der Waals surface area contributed by atoms with Crippen LogP contribution in [0.5, 0.6) is 5.75 Å². The molecule has 19 heavy (non-hydrogen) atoms. The van der Waals surface area contributed by atoms with Crippen molar-refractivity contribution in [3.63, 3.8) is 0 Å². The molecule has 6 nitrogen and oxygen atoms in total. The van der Waals surface area contributed by atoms with Crippen molar-refractivity contribution in [1.82, 2.24) is 10.3 Å². The highest BCUT2D eigenvalue weighted by atomic mass is 16.6. The number of hydrogen-bond donors (Lipinski definition) is 1. The van der Waals surface area contributed by atoms with E-state index in [1.807, 2.05) is 12.1 Å². The van der Waals surface area contributed by atoms with Crippen LogP contribution in [0, 0.1) is 0 Å². The van der Waals surface area contributed by atoms with E-state index >= 15 is 0 Å². The van der Waals surface area contributed by atoms with E-state index in [9.17, 15) is 4.79 Å². The van der Waals surface area contributed by atoms with Crippen LogP contribution < -0.4 is 10.1 Å². The van der Waals surface area contributed by atoms with Crippen LogP contribution in [-0.2, 0) is 20.8 Å². The number of cyclic esters (lactones) is 1. The number of hydrogen-bond acceptors (Lipinski definition) is 6. The van der Waals surface area contributed by atoms with Crippen LogP contribution in [0.15, 0.2) is 18.3 Å². The van der Waals surface area contributed by atoms with Crippen LogP contribution in [0.1, 0.15) is 12.1 Å². The van der Waals surface area contributed by atoms with Crippen molar-refractivity contribution in [1.29, 1.82) is 0 Å².